The Morgan fingerprint density at radius 1 is 1.15 bits per heavy atom. The highest BCUT2D eigenvalue weighted by atomic mass is 16.5. The van der Waals surface area contributed by atoms with Gasteiger partial charge in [-0.25, -0.2) is 0 Å². The molecule has 1 N–H and O–H groups in total. The summed E-state index contributed by atoms with van der Waals surface area (Å²) in [7, 11) is 0. The quantitative estimate of drug-likeness (QED) is 0.863. The lowest BCUT2D eigenvalue weighted by atomic mass is 10.2. The van der Waals surface area contributed by atoms with Gasteiger partial charge in [0, 0.05) is 17.8 Å². The molecular weight excluding hydrogens is 248 g/mol. The second-order valence-corrected chi connectivity index (χ2v) is 5.37. The van der Waals surface area contributed by atoms with Gasteiger partial charge in [0.15, 0.2) is 0 Å². The van der Waals surface area contributed by atoms with Crippen molar-refractivity contribution in [2.45, 2.75) is 27.3 Å². The third-order valence-corrected chi connectivity index (χ3v) is 2.95. The van der Waals surface area contributed by atoms with E-state index >= 15 is 0 Å². The molecule has 0 aliphatic rings. The van der Waals surface area contributed by atoms with Gasteiger partial charge >= 0.3 is 0 Å². The number of hydrogen-bond acceptors (Lipinski definition) is 3. The topological polar surface area (TPSA) is 34.1 Å². The molecule has 1 aromatic heterocycles. The van der Waals surface area contributed by atoms with Gasteiger partial charge in [0.25, 0.3) is 0 Å². The molecule has 0 aliphatic heterocycles. The van der Waals surface area contributed by atoms with Gasteiger partial charge in [0.05, 0.1) is 6.20 Å². The van der Waals surface area contributed by atoms with E-state index in [1.807, 2.05) is 37.3 Å². The first-order valence-corrected chi connectivity index (χ1v) is 7.04. The first-order valence-electron chi connectivity index (χ1n) is 7.04. The van der Waals surface area contributed by atoms with Gasteiger partial charge in [0.2, 0.25) is 0 Å². The van der Waals surface area contributed by atoms with Crippen molar-refractivity contribution in [3.8, 4) is 11.5 Å². The largest absolute Gasteiger partial charge is 0.455 e. The highest BCUT2D eigenvalue weighted by Crippen LogP contribution is 2.24. The summed E-state index contributed by atoms with van der Waals surface area (Å²) in [5.41, 5.74) is 2.15. The van der Waals surface area contributed by atoms with Crippen molar-refractivity contribution in [2.24, 2.45) is 5.92 Å². The van der Waals surface area contributed by atoms with Crippen LogP contribution in [0.2, 0.25) is 0 Å². The maximum atomic E-state index is 5.92. The molecule has 0 unspecified atom stereocenters. The minimum absolute atomic E-state index is 0.643. The number of hydrogen-bond donors (Lipinski definition) is 1. The van der Waals surface area contributed by atoms with Crippen LogP contribution in [0.5, 0.6) is 11.5 Å². The predicted octanol–water partition coefficient (Wildman–Crippen LogP) is 3.93. The van der Waals surface area contributed by atoms with E-state index in [-0.39, 0.29) is 0 Å². The highest BCUT2D eigenvalue weighted by Gasteiger charge is 2.05. The second kappa shape index (κ2) is 7.06. The van der Waals surface area contributed by atoms with Crippen molar-refractivity contribution in [1.29, 1.82) is 0 Å². The minimum atomic E-state index is 0.643. The summed E-state index contributed by atoms with van der Waals surface area (Å²) in [4.78, 5) is 4.25. The molecule has 0 amide bonds. The molecule has 0 bridgehead atoms. The number of aromatic nitrogens is 1. The highest BCUT2D eigenvalue weighted by molar-refractivity contribution is 5.37. The zero-order valence-corrected chi connectivity index (χ0v) is 12.4. The third-order valence-electron chi connectivity index (χ3n) is 2.95. The van der Waals surface area contributed by atoms with Crippen LogP contribution in [0.4, 0.5) is 0 Å². The van der Waals surface area contributed by atoms with Crippen molar-refractivity contribution in [3.05, 3.63) is 53.9 Å². The lowest BCUT2D eigenvalue weighted by molar-refractivity contribution is 0.467. The van der Waals surface area contributed by atoms with Crippen LogP contribution in [0.15, 0.2) is 42.6 Å². The average Bonchev–Trinajstić information content (AvgIpc) is 2.43. The number of benzene rings is 1. The van der Waals surface area contributed by atoms with Crippen molar-refractivity contribution < 1.29 is 4.74 Å². The van der Waals surface area contributed by atoms with Crippen molar-refractivity contribution >= 4 is 0 Å². The summed E-state index contributed by atoms with van der Waals surface area (Å²) in [6.07, 6.45) is 1.76. The van der Waals surface area contributed by atoms with Crippen LogP contribution in [-0.4, -0.2) is 11.5 Å². The summed E-state index contributed by atoms with van der Waals surface area (Å²) in [6.45, 7) is 8.18. The smallest absolute Gasteiger partial charge is 0.145 e. The SMILES string of the molecule is Cc1ccc(Oc2ccccc2CNCC(C)C)cn1. The second-order valence-electron chi connectivity index (χ2n) is 5.37. The van der Waals surface area contributed by atoms with Crippen LogP contribution in [0.25, 0.3) is 0 Å². The molecule has 0 saturated heterocycles. The number of para-hydroxylation sites is 1. The molecule has 3 nitrogen and oxygen atoms in total. The van der Waals surface area contributed by atoms with Crippen molar-refractivity contribution in [1.82, 2.24) is 10.3 Å². The Morgan fingerprint density at radius 2 is 1.95 bits per heavy atom. The van der Waals surface area contributed by atoms with E-state index in [2.05, 4.69) is 30.2 Å². The molecule has 0 fully saturated rings. The number of nitrogens with zero attached hydrogens (tertiary/aromatic N) is 1. The van der Waals surface area contributed by atoms with Crippen LogP contribution in [0, 0.1) is 12.8 Å². The number of rotatable bonds is 6. The fourth-order valence-corrected chi connectivity index (χ4v) is 1.89. The lowest BCUT2D eigenvalue weighted by Gasteiger charge is -2.12. The molecular formula is C17H22N2O. The Bertz CT molecular complexity index is 535. The molecule has 20 heavy (non-hydrogen) atoms. The number of aryl methyl sites for hydroxylation is 1. The number of pyridine rings is 1. The predicted molar refractivity (Wildman–Crippen MR) is 82.0 cm³/mol. The van der Waals surface area contributed by atoms with Gasteiger partial charge in [-0.2, -0.15) is 0 Å². The summed E-state index contributed by atoms with van der Waals surface area (Å²) < 4.78 is 5.92. The van der Waals surface area contributed by atoms with Gasteiger partial charge in [-0.15, -0.1) is 0 Å². The van der Waals surface area contributed by atoms with Crippen molar-refractivity contribution in [3.63, 3.8) is 0 Å². The standard InChI is InChI=1S/C17H22N2O/c1-13(2)10-18-11-15-6-4-5-7-17(15)20-16-9-8-14(3)19-12-16/h4-9,12-13,18H,10-11H2,1-3H3. The van der Waals surface area contributed by atoms with Crippen LogP contribution in [0.3, 0.4) is 0 Å². The third kappa shape index (κ3) is 4.35. The molecule has 0 atom stereocenters. The molecule has 2 rings (SSSR count). The van der Waals surface area contributed by atoms with Crippen LogP contribution in [0.1, 0.15) is 25.1 Å². The zero-order valence-electron chi connectivity index (χ0n) is 12.4. The summed E-state index contributed by atoms with van der Waals surface area (Å²) in [5.74, 6) is 2.30. The van der Waals surface area contributed by atoms with Crippen LogP contribution in [-0.2, 0) is 6.54 Å². The van der Waals surface area contributed by atoms with E-state index in [0.717, 1.165) is 35.8 Å². The lowest BCUT2D eigenvalue weighted by Crippen LogP contribution is -2.19. The number of nitrogens with one attached hydrogen (secondary N) is 1. The summed E-state index contributed by atoms with van der Waals surface area (Å²) >= 11 is 0. The van der Waals surface area contributed by atoms with Gasteiger partial charge < -0.3 is 10.1 Å². The van der Waals surface area contributed by atoms with Gasteiger partial charge in [0.1, 0.15) is 11.5 Å². The van der Waals surface area contributed by atoms with Gasteiger partial charge in [-0.05, 0) is 37.6 Å². The normalized spacial score (nSPS) is 10.8. The first-order chi connectivity index (χ1) is 9.65. The Kier molecular flexibility index (Phi) is 5.13. The molecule has 3 heteroatoms. The first kappa shape index (κ1) is 14.5. The Morgan fingerprint density at radius 3 is 2.65 bits per heavy atom. The Labute approximate surface area is 121 Å². The van der Waals surface area contributed by atoms with E-state index < -0.39 is 0 Å². The van der Waals surface area contributed by atoms with E-state index in [1.54, 1.807) is 6.20 Å². The van der Waals surface area contributed by atoms with Crippen molar-refractivity contribution in [2.75, 3.05) is 6.54 Å². The molecule has 0 saturated carbocycles. The van der Waals surface area contributed by atoms with Crippen LogP contribution >= 0.6 is 0 Å². The van der Waals surface area contributed by atoms with E-state index in [0.29, 0.717) is 5.92 Å². The molecule has 2 aromatic rings. The summed E-state index contributed by atoms with van der Waals surface area (Å²) in [5, 5.41) is 3.44. The Balaban J connectivity index is 2.05. The molecule has 0 aliphatic carbocycles. The molecule has 0 radical (unpaired) electrons. The van der Waals surface area contributed by atoms with Gasteiger partial charge in [-0.1, -0.05) is 32.0 Å². The fraction of sp³-hybridized carbons (Fsp3) is 0.353. The molecule has 0 spiro atoms. The zero-order chi connectivity index (χ0) is 14.4. The maximum Gasteiger partial charge on any atom is 0.145 e. The Hall–Kier alpha value is -1.87. The maximum absolute atomic E-state index is 5.92. The molecule has 106 valence electrons. The minimum Gasteiger partial charge on any atom is -0.455 e. The van der Waals surface area contributed by atoms with Crippen LogP contribution < -0.4 is 10.1 Å². The number of ether oxygens (including phenoxy) is 1. The van der Waals surface area contributed by atoms with E-state index in [9.17, 15) is 0 Å². The molecule has 1 aromatic carbocycles. The van der Waals surface area contributed by atoms with E-state index in [4.69, 9.17) is 4.74 Å². The fourth-order valence-electron chi connectivity index (χ4n) is 1.89. The molecule has 1 heterocycles. The van der Waals surface area contributed by atoms with E-state index in [1.165, 1.54) is 0 Å². The summed E-state index contributed by atoms with van der Waals surface area (Å²) in [6, 6.07) is 12.0. The monoisotopic (exact) mass is 270 g/mol. The van der Waals surface area contributed by atoms with Gasteiger partial charge in [-0.3, -0.25) is 4.98 Å². The average molecular weight is 270 g/mol.